The highest BCUT2D eigenvalue weighted by Crippen LogP contribution is 2.41. The van der Waals surface area contributed by atoms with Gasteiger partial charge in [-0.2, -0.15) is 0 Å². The molecule has 0 N–H and O–H groups in total. The molecule has 0 radical (unpaired) electrons. The summed E-state index contributed by atoms with van der Waals surface area (Å²) in [6.45, 7) is 11.0. The second-order valence-electron chi connectivity index (χ2n) is 6.54. The van der Waals surface area contributed by atoms with Crippen LogP contribution in [0.1, 0.15) is 27.7 Å². The van der Waals surface area contributed by atoms with Gasteiger partial charge in [0.2, 0.25) is 0 Å². The minimum Gasteiger partial charge on any atom is -0.453 e. The zero-order chi connectivity index (χ0) is 16.1. The van der Waals surface area contributed by atoms with E-state index in [4.69, 9.17) is 28.4 Å². The summed E-state index contributed by atoms with van der Waals surface area (Å²) < 4.78 is 34.2. The van der Waals surface area contributed by atoms with Gasteiger partial charge in [0, 0.05) is 6.08 Å². The van der Waals surface area contributed by atoms with Crippen molar-refractivity contribution in [1.82, 2.24) is 0 Å². The van der Waals surface area contributed by atoms with E-state index in [2.05, 4.69) is 6.58 Å². The van der Waals surface area contributed by atoms with Crippen molar-refractivity contribution >= 4 is 5.97 Å². The van der Waals surface area contributed by atoms with Gasteiger partial charge in [-0.25, -0.2) is 4.79 Å². The van der Waals surface area contributed by atoms with Crippen molar-refractivity contribution in [3.05, 3.63) is 12.7 Å². The van der Waals surface area contributed by atoms with Crippen molar-refractivity contribution in [3.63, 3.8) is 0 Å². The van der Waals surface area contributed by atoms with Gasteiger partial charge in [0.15, 0.2) is 30.1 Å². The molecule has 0 aliphatic carbocycles. The molecular formula is C15H22O7. The van der Waals surface area contributed by atoms with Crippen molar-refractivity contribution in [3.8, 4) is 0 Å². The number of hydrogen-bond donors (Lipinski definition) is 0. The van der Waals surface area contributed by atoms with E-state index in [0.29, 0.717) is 6.61 Å². The van der Waals surface area contributed by atoms with Crippen LogP contribution >= 0.6 is 0 Å². The summed E-state index contributed by atoms with van der Waals surface area (Å²) >= 11 is 0. The Balaban J connectivity index is 1.78. The molecule has 0 spiro atoms. The van der Waals surface area contributed by atoms with Crippen LogP contribution in [0.2, 0.25) is 0 Å². The number of carbonyl (C=O) groups is 1. The summed E-state index contributed by atoms with van der Waals surface area (Å²) in [4.78, 5) is 11.6. The third kappa shape index (κ3) is 2.91. The molecule has 7 nitrogen and oxygen atoms in total. The second-order valence-corrected chi connectivity index (χ2v) is 6.54. The molecule has 5 atom stereocenters. The first-order valence-corrected chi connectivity index (χ1v) is 7.37. The quantitative estimate of drug-likeness (QED) is 0.571. The smallest absolute Gasteiger partial charge is 0.330 e. The van der Waals surface area contributed by atoms with Gasteiger partial charge in [0.1, 0.15) is 12.2 Å². The summed E-state index contributed by atoms with van der Waals surface area (Å²) in [5.41, 5.74) is 0. The van der Waals surface area contributed by atoms with Crippen molar-refractivity contribution in [2.75, 3.05) is 6.61 Å². The maximum Gasteiger partial charge on any atom is 0.330 e. The molecule has 0 aromatic rings. The molecule has 3 saturated heterocycles. The molecule has 3 aliphatic rings. The first kappa shape index (κ1) is 15.9. The Labute approximate surface area is 129 Å². The minimum absolute atomic E-state index is 0.350. The summed E-state index contributed by atoms with van der Waals surface area (Å²) in [6, 6.07) is 0. The van der Waals surface area contributed by atoms with Gasteiger partial charge < -0.3 is 28.4 Å². The van der Waals surface area contributed by atoms with Crippen molar-refractivity contribution in [2.24, 2.45) is 0 Å². The average molecular weight is 314 g/mol. The van der Waals surface area contributed by atoms with Crippen molar-refractivity contribution in [1.29, 1.82) is 0 Å². The minimum atomic E-state index is -0.786. The van der Waals surface area contributed by atoms with Crippen LogP contribution < -0.4 is 0 Å². The lowest BCUT2D eigenvalue weighted by Crippen LogP contribution is -2.45. The Bertz CT molecular complexity index is 473. The van der Waals surface area contributed by atoms with Gasteiger partial charge in [-0.3, -0.25) is 0 Å². The number of hydrogen-bond acceptors (Lipinski definition) is 7. The van der Waals surface area contributed by atoms with Crippen molar-refractivity contribution in [2.45, 2.75) is 70.0 Å². The summed E-state index contributed by atoms with van der Waals surface area (Å²) in [5.74, 6) is -2.02. The standard InChI is InChI=1S/C15H22O7/c1-6-9(16)18-11-10(8-7-17-14(2,3)20-8)19-13-12(11)21-15(4,5)22-13/h6,8,10-13H,1,7H2,2-5H3/t8-,10-,11+,12-,13?/m1/s1. The second kappa shape index (κ2) is 5.28. The molecule has 0 aromatic heterocycles. The van der Waals surface area contributed by atoms with Crippen LogP contribution in [0.25, 0.3) is 0 Å². The van der Waals surface area contributed by atoms with Crippen LogP contribution in [-0.4, -0.2) is 54.9 Å². The predicted molar refractivity (Wildman–Crippen MR) is 73.7 cm³/mol. The largest absolute Gasteiger partial charge is 0.453 e. The molecule has 124 valence electrons. The highest BCUT2D eigenvalue weighted by atomic mass is 16.8. The number of rotatable bonds is 3. The van der Waals surface area contributed by atoms with Crippen LogP contribution in [0.3, 0.4) is 0 Å². The maximum atomic E-state index is 11.6. The average Bonchev–Trinajstić information content (AvgIpc) is 3.01. The number of carbonyl (C=O) groups excluding carboxylic acids is 1. The van der Waals surface area contributed by atoms with Gasteiger partial charge in [-0.1, -0.05) is 6.58 Å². The van der Waals surface area contributed by atoms with E-state index >= 15 is 0 Å². The fourth-order valence-electron chi connectivity index (χ4n) is 3.00. The molecule has 3 fully saturated rings. The molecule has 0 saturated carbocycles. The van der Waals surface area contributed by atoms with E-state index in [1.165, 1.54) is 0 Å². The highest BCUT2D eigenvalue weighted by Gasteiger charge is 2.59. The van der Waals surface area contributed by atoms with Gasteiger partial charge in [-0.15, -0.1) is 0 Å². The lowest BCUT2D eigenvalue weighted by Gasteiger charge is -2.28. The zero-order valence-corrected chi connectivity index (χ0v) is 13.2. The molecule has 7 heteroatoms. The van der Waals surface area contributed by atoms with Gasteiger partial charge in [0.25, 0.3) is 0 Å². The van der Waals surface area contributed by atoms with E-state index < -0.39 is 42.1 Å². The third-order valence-corrected chi connectivity index (χ3v) is 3.84. The first-order chi connectivity index (χ1) is 10.2. The van der Waals surface area contributed by atoms with E-state index in [1.54, 1.807) is 13.8 Å². The van der Waals surface area contributed by atoms with Crippen LogP contribution in [0.4, 0.5) is 0 Å². The Morgan fingerprint density at radius 3 is 2.45 bits per heavy atom. The molecule has 3 aliphatic heterocycles. The fraction of sp³-hybridized carbons (Fsp3) is 0.800. The SMILES string of the molecule is C=CC(=O)O[C@H]1[C@@H]([C@H]2COC(C)(C)O2)OC2OC(C)(C)O[C@@H]21. The number of fused-ring (bicyclic) bond motifs is 1. The van der Waals surface area contributed by atoms with Crippen LogP contribution in [0.5, 0.6) is 0 Å². The third-order valence-electron chi connectivity index (χ3n) is 3.84. The van der Waals surface area contributed by atoms with Gasteiger partial charge in [0.05, 0.1) is 6.61 Å². The topological polar surface area (TPSA) is 72.5 Å². The maximum absolute atomic E-state index is 11.6. The Kier molecular flexibility index (Phi) is 3.81. The number of esters is 1. The summed E-state index contributed by atoms with van der Waals surface area (Å²) in [6.07, 6.45) is -1.51. The Morgan fingerprint density at radius 1 is 1.14 bits per heavy atom. The van der Waals surface area contributed by atoms with Crippen LogP contribution in [-0.2, 0) is 33.2 Å². The molecule has 3 heterocycles. The number of ether oxygens (including phenoxy) is 6. The van der Waals surface area contributed by atoms with Crippen LogP contribution in [0.15, 0.2) is 12.7 Å². The van der Waals surface area contributed by atoms with Crippen molar-refractivity contribution < 1.29 is 33.2 Å². The summed E-state index contributed by atoms with van der Waals surface area (Å²) in [7, 11) is 0. The first-order valence-electron chi connectivity index (χ1n) is 7.37. The summed E-state index contributed by atoms with van der Waals surface area (Å²) in [5, 5.41) is 0. The predicted octanol–water partition coefficient (Wildman–Crippen LogP) is 1.11. The molecule has 0 bridgehead atoms. The Morgan fingerprint density at radius 2 is 1.86 bits per heavy atom. The highest BCUT2D eigenvalue weighted by molar-refractivity contribution is 5.81. The lowest BCUT2D eigenvalue weighted by molar-refractivity contribution is -0.234. The lowest BCUT2D eigenvalue weighted by atomic mass is 10.1. The van der Waals surface area contributed by atoms with E-state index in [-0.39, 0.29) is 6.10 Å². The molecular weight excluding hydrogens is 292 g/mol. The molecule has 22 heavy (non-hydrogen) atoms. The van der Waals surface area contributed by atoms with Gasteiger partial charge >= 0.3 is 5.97 Å². The van der Waals surface area contributed by atoms with E-state index in [9.17, 15) is 4.79 Å². The normalized spacial score (nSPS) is 42.1. The molecule has 0 aromatic carbocycles. The van der Waals surface area contributed by atoms with Crippen LogP contribution in [0, 0.1) is 0 Å². The van der Waals surface area contributed by atoms with E-state index in [0.717, 1.165) is 6.08 Å². The Hall–Kier alpha value is -0.990. The molecule has 1 unspecified atom stereocenters. The zero-order valence-electron chi connectivity index (χ0n) is 13.2. The van der Waals surface area contributed by atoms with E-state index in [1.807, 2.05) is 13.8 Å². The molecule has 0 amide bonds. The van der Waals surface area contributed by atoms with Gasteiger partial charge in [-0.05, 0) is 27.7 Å². The monoisotopic (exact) mass is 314 g/mol. The fourth-order valence-corrected chi connectivity index (χ4v) is 3.00. The molecule has 3 rings (SSSR count).